The van der Waals surface area contributed by atoms with Gasteiger partial charge in [0.2, 0.25) is 11.5 Å². The fourth-order valence-corrected chi connectivity index (χ4v) is 2.01. The lowest BCUT2D eigenvalue weighted by Gasteiger charge is -2.01. The van der Waals surface area contributed by atoms with Crippen molar-refractivity contribution in [2.45, 2.75) is 13.8 Å². The highest BCUT2D eigenvalue weighted by molar-refractivity contribution is 5.91. The Balaban J connectivity index is 2.23. The number of nitrogens with zero attached hydrogens (tertiary/aromatic N) is 2. The number of carbonyl (C=O) groups is 1. The van der Waals surface area contributed by atoms with E-state index in [1.807, 2.05) is 38.1 Å². The van der Waals surface area contributed by atoms with Crippen LogP contribution < -0.4 is 0 Å². The normalized spacial score (nSPS) is 11.1. The molecule has 0 atom stereocenters. The molecular formula is C14H12N2O3. The molecule has 0 bridgehead atoms. The number of rotatable bonds is 2. The molecule has 0 saturated heterocycles. The topological polar surface area (TPSA) is 68.3 Å². The highest BCUT2D eigenvalue weighted by atomic mass is 16.4. The van der Waals surface area contributed by atoms with Gasteiger partial charge in [-0.3, -0.25) is 0 Å². The van der Waals surface area contributed by atoms with Crippen molar-refractivity contribution in [3.8, 4) is 5.69 Å². The van der Waals surface area contributed by atoms with Crippen LogP contribution in [0.1, 0.15) is 21.8 Å². The van der Waals surface area contributed by atoms with E-state index in [4.69, 9.17) is 9.52 Å². The van der Waals surface area contributed by atoms with Crippen molar-refractivity contribution in [3.05, 3.63) is 47.3 Å². The summed E-state index contributed by atoms with van der Waals surface area (Å²) in [4.78, 5) is 10.9. The number of furan rings is 1. The summed E-state index contributed by atoms with van der Waals surface area (Å²) in [5.41, 5.74) is 3.19. The van der Waals surface area contributed by atoms with E-state index in [0.29, 0.717) is 5.71 Å². The minimum Gasteiger partial charge on any atom is -0.475 e. The number of carboxylic acids is 1. The van der Waals surface area contributed by atoms with E-state index in [9.17, 15) is 4.79 Å². The van der Waals surface area contributed by atoms with Gasteiger partial charge in [-0.2, -0.15) is 9.78 Å². The highest BCUT2D eigenvalue weighted by Gasteiger charge is 2.18. The number of fused-ring (bicyclic) bond motifs is 1. The minimum absolute atomic E-state index is 0.0728. The van der Waals surface area contributed by atoms with Crippen LogP contribution in [0.3, 0.4) is 0 Å². The van der Waals surface area contributed by atoms with Crippen molar-refractivity contribution in [3.63, 3.8) is 0 Å². The van der Waals surface area contributed by atoms with Crippen molar-refractivity contribution >= 4 is 17.1 Å². The molecule has 1 N–H and O–H groups in total. The number of carboxylic acid groups (broad SMARTS) is 1. The minimum atomic E-state index is -1.08. The van der Waals surface area contributed by atoms with Gasteiger partial charge < -0.3 is 9.52 Å². The van der Waals surface area contributed by atoms with Crippen LogP contribution in [0.5, 0.6) is 0 Å². The van der Waals surface area contributed by atoms with Gasteiger partial charge >= 0.3 is 5.97 Å². The molecule has 0 saturated carbocycles. The molecule has 0 fully saturated rings. The van der Waals surface area contributed by atoms with Crippen molar-refractivity contribution in [2.75, 3.05) is 0 Å². The maximum atomic E-state index is 10.9. The number of aryl methyl sites for hydroxylation is 2. The second-order valence-electron chi connectivity index (χ2n) is 4.47. The lowest BCUT2D eigenvalue weighted by molar-refractivity contribution is 0.0664. The van der Waals surface area contributed by atoms with E-state index in [1.54, 1.807) is 4.68 Å². The zero-order chi connectivity index (χ0) is 13.6. The molecule has 0 aliphatic rings. The zero-order valence-corrected chi connectivity index (χ0v) is 10.5. The summed E-state index contributed by atoms with van der Waals surface area (Å²) < 4.78 is 6.99. The van der Waals surface area contributed by atoms with Gasteiger partial charge in [-0.15, -0.1) is 0 Å². The summed E-state index contributed by atoms with van der Waals surface area (Å²) in [6.07, 6.45) is 0. The number of aromatic carboxylic acids is 1. The third-order valence-corrected chi connectivity index (χ3v) is 3.03. The van der Waals surface area contributed by atoms with Crippen LogP contribution in [-0.2, 0) is 0 Å². The molecule has 96 valence electrons. The van der Waals surface area contributed by atoms with Crippen molar-refractivity contribution in [1.82, 2.24) is 9.78 Å². The molecule has 0 radical (unpaired) electrons. The Kier molecular flexibility index (Phi) is 2.41. The Hall–Kier alpha value is -2.56. The van der Waals surface area contributed by atoms with Crippen LogP contribution in [0.25, 0.3) is 16.8 Å². The Bertz CT molecular complexity index is 766. The largest absolute Gasteiger partial charge is 0.475 e. The SMILES string of the molecule is Cc1ccc(-n2nc(C)c3cc(C(=O)O)oc32)cc1. The van der Waals surface area contributed by atoms with E-state index < -0.39 is 5.97 Å². The van der Waals surface area contributed by atoms with Gasteiger partial charge in [0.1, 0.15) is 0 Å². The van der Waals surface area contributed by atoms with Gasteiger partial charge in [0.25, 0.3) is 0 Å². The maximum absolute atomic E-state index is 10.9. The van der Waals surface area contributed by atoms with Gasteiger partial charge in [0.05, 0.1) is 16.8 Å². The second-order valence-corrected chi connectivity index (χ2v) is 4.47. The third-order valence-electron chi connectivity index (χ3n) is 3.03. The van der Waals surface area contributed by atoms with Crippen molar-refractivity contribution in [1.29, 1.82) is 0 Å². The molecule has 0 unspecified atom stereocenters. The Morgan fingerprint density at radius 1 is 1.26 bits per heavy atom. The molecule has 3 aromatic rings. The van der Waals surface area contributed by atoms with Crippen LogP contribution >= 0.6 is 0 Å². The first-order valence-corrected chi connectivity index (χ1v) is 5.86. The smallest absolute Gasteiger partial charge is 0.371 e. The molecule has 0 aliphatic heterocycles. The predicted molar refractivity (Wildman–Crippen MR) is 69.8 cm³/mol. The van der Waals surface area contributed by atoms with Crippen molar-refractivity contribution < 1.29 is 14.3 Å². The summed E-state index contributed by atoms with van der Waals surface area (Å²) >= 11 is 0. The van der Waals surface area contributed by atoms with Gasteiger partial charge in [-0.25, -0.2) is 4.79 Å². The van der Waals surface area contributed by atoms with Gasteiger partial charge in [-0.05, 0) is 26.0 Å². The van der Waals surface area contributed by atoms with Gasteiger partial charge in [0.15, 0.2) is 0 Å². The lowest BCUT2D eigenvalue weighted by Crippen LogP contribution is -1.97. The molecule has 2 heterocycles. The quantitative estimate of drug-likeness (QED) is 0.765. The Morgan fingerprint density at radius 2 is 1.95 bits per heavy atom. The summed E-state index contributed by atoms with van der Waals surface area (Å²) in [5, 5.41) is 14.1. The number of aromatic nitrogens is 2. The van der Waals surface area contributed by atoms with Crippen LogP contribution in [0.2, 0.25) is 0 Å². The predicted octanol–water partition coefficient (Wildman–Crippen LogP) is 2.93. The van der Waals surface area contributed by atoms with E-state index in [0.717, 1.165) is 22.3 Å². The molecule has 5 nitrogen and oxygen atoms in total. The zero-order valence-electron chi connectivity index (χ0n) is 10.5. The first-order chi connectivity index (χ1) is 9.06. The first-order valence-electron chi connectivity index (χ1n) is 5.86. The Morgan fingerprint density at radius 3 is 2.58 bits per heavy atom. The standard InChI is InChI=1S/C14H12N2O3/c1-8-3-5-10(6-4-8)16-13-11(9(2)15-16)7-12(19-13)14(17)18/h3-7H,1-2H3,(H,17,18). The molecule has 0 spiro atoms. The number of hydrogen-bond acceptors (Lipinski definition) is 3. The Labute approximate surface area is 109 Å². The van der Waals surface area contributed by atoms with E-state index in [1.165, 1.54) is 6.07 Å². The summed E-state index contributed by atoms with van der Waals surface area (Å²) in [7, 11) is 0. The highest BCUT2D eigenvalue weighted by Crippen LogP contribution is 2.25. The van der Waals surface area contributed by atoms with E-state index in [2.05, 4.69) is 5.10 Å². The average Bonchev–Trinajstić information content (AvgIpc) is 2.92. The molecule has 2 aromatic heterocycles. The molecule has 19 heavy (non-hydrogen) atoms. The van der Waals surface area contributed by atoms with Crippen LogP contribution in [0.4, 0.5) is 0 Å². The summed E-state index contributed by atoms with van der Waals surface area (Å²) in [6.45, 7) is 3.83. The fourth-order valence-electron chi connectivity index (χ4n) is 2.01. The fraction of sp³-hybridized carbons (Fsp3) is 0.143. The average molecular weight is 256 g/mol. The van der Waals surface area contributed by atoms with E-state index >= 15 is 0 Å². The van der Waals surface area contributed by atoms with Crippen LogP contribution in [0.15, 0.2) is 34.7 Å². The first kappa shape index (κ1) is 11.5. The van der Waals surface area contributed by atoms with Gasteiger partial charge in [0, 0.05) is 6.07 Å². The second kappa shape index (κ2) is 3.98. The van der Waals surface area contributed by atoms with Gasteiger partial charge in [-0.1, -0.05) is 17.7 Å². The van der Waals surface area contributed by atoms with Crippen LogP contribution in [0, 0.1) is 13.8 Å². The van der Waals surface area contributed by atoms with Crippen LogP contribution in [-0.4, -0.2) is 20.9 Å². The molecule has 0 aliphatic carbocycles. The summed E-state index contributed by atoms with van der Waals surface area (Å²) in [6, 6.07) is 9.29. The third kappa shape index (κ3) is 1.79. The molecular weight excluding hydrogens is 244 g/mol. The van der Waals surface area contributed by atoms with Crippen molar-refractivity contribution in [2.24, 2.45) is 0 Å². The van der Waals surface area contributed by atoms with E-state index in [-0.39, 0.29) is 5.76 Å². The molecule has 1 aromatic carbocycles. The summed E-state index contributed by atoms with van der Waals surface area (Å²) in [5.74, 6) is -1.15. The molecule has 0 amide bonds. The molecule has 3 rings (SSSR count). The molecule has 5 heteroatoms. The maximum Gasteiger partial charge on any atom is 0.371 e. The monoisotopic (exact) mass is 256 g/mol. The lowest BCUT2D eigenvalue weighted by atomic mass is 10.2. The number of hydrogen-bond donors (Lipinski definition) is 1. The number of benzene rings is 1.